The number of thiophene rings is 1. The second-order valence-corrected chi connectivity index (χ2v) is 6.36. The Morgan fingerprint density at radius 2 is 2.14 bits per heavy atom. The van der Waals surface area contributed by atoms with Gasteiger partial charge in [0.1, 0.15) is 5.82 Å². The molecule has 0 radical (unpaired) electrons. The second-order valence-electron chi connectivity index (χ2n) is 5.33. The van der Waals surface area contributed by atoms with Crippen molar-refractivity contribution < 1.29 is 14.3 Å². The van der Waals surface area contributed by atoms with Gasteiger partial charge in [0, 0.05) is 29.6 Å². The number of aromatic carboxylic acids is 1. The van der Waals surface area contributed by atoms with Crippen LogP contribution in [-0.4, -0.2) is 22.0 Å². The molecule has 1 aromatic carbocycles. The molecule has 3 rings (SSSR count). The SMILES string of the molecule is O=C(O)c1ccc(CN(Cc2cccs2)C2CC2)c(F)c1. The monoisotopic (exact) mass is 305 g/mol. The minimum absolute atomic E-state index is 0.00696. The zero-order valence-electron chi connectivity index (χ0n) is 11.5. The second kappa shape index (κ2) is 5.95. The van der Waals surface area contributed by atoms with Crippen molar-refractivity contribution in [3.05, 3.63) is 57.5 Å². The van der Waals surface area contributed by atoms with E-state index in [1.165, 1.54) is 10.9 Å². The van der Waals surface area contributed by atoms with Crippen molar-refractivity contribution in [3.8, 4) is 0 Å². The van der Waals surface area contributed by atoms with Gasteiger partial charge in [0.25, 0.3) is 0 Å². The van der Waals surface area contributed by atoms with Crippen LogP contribution in [0.4, 0.5) is 4.39 Å². The summed E-state index contributed by atoms with van der Waals surface area (Å²) in [6, 6.07) is 8.79. The summed E-state index contributed by atoms with van der Waals surface area (Å²) in [6.07, 6.45) is 2.31. The van der Waals surface area contributed by atoms with Crippen molar-refractivity contribution in [2.24, 2.45) is 0 Å². The van der Waals surface area contributed by atoms with Crippen molar-refractivity contribution in [2.45, 2.75) is 32.0 Å². The van der Waals surface area contributed by atoms with Gasteiger partial charge < -0.3 is 5.11 Å². The van der Waals surface area contributed by atoms with Gasteiger partial charge in [0.2, 0.25) is 0 Å². The van der Waals surface area contributed by atoms with E-state index in [2.05, 4.69) is 11.0 Å². The quantitative estimate of drug-likeness (QED) is 0.883. The molecule has 1 fully saturated rings. The number of benzene rings is 1. The Kier molecular flexibility index (Phi) is 4.03. The predicted molar refractivity (Wildman–Crippen MR) is 79.9 cm³/mol. The smallest absolute Gasteiger partial charge is 0.335 e. The summed E-state index contributed by atoms with van der Waals surface area (Å²) < 4.78 is 14.0. The third kappa shape index (κ3) is 3.49. The van der Waals surface area contributed by atoms with E-state index in [0.717, 1.165) is 25.5 Å². The normalized spacial score (nSPS) is 14.6. The molecule has 3 nitrogen and oxygen atoms in total. The highest BCUT2D eigenvalue weighted by Gasteiger charge is 2.29. The van der Waals surface area contributed by atoms with Crippen molar-refractivity contribution in [1.29, 1.82) is 0 Å². The first-order chi connectivity index (χ1) is 10.1. The maximum absolute atomic E-state index is 14.0. The van der Waals surface area contributed by atoms with E-state index in [1.54, 1.807) is 17.4 Å². The Hall–Kier alpha value is -1.72. The largest absolute Gasteiger partial charge is 0.478 e. The molecule has 5 heteroatoms. The molecule has 1 N–H and O–H groups in total. The van der Waals surface area contributed by atoms with E-state index in [-0.39, 0.29) is 5.56 Å². The van der Waals surface area contributed by atoms with Gasteiger partial charge in [-0.3, -0.25) is 4.90 Å². The first-order valence-electron chi connectivity index (χ1n) is 6.91. The van der Waals surface area contributed by atoms with Gasteiger partial charge in [-0.05, 0) is 36.4 Å². The van der Waals surface area contributed by atoms with Gasteiger partial charge in [0.05, 0.1) is 5.56 Å². The third-order valence-corrected chi connectivity index (χ3v) is 4.54. The van der Waals surface area contributed by atoms with Crippen LogP contribution in [-0.2, 0) is 13.1 Å². The third-order valence-electron chi connectivity index (χ3n) is 3.68. The first-order valence-corrected chi connectivity index (χ1v) is 7.79. The Labute approximate surface area is 126 Å². The van der Waals surface area contributed by atoms with E-state index < -0.39 is 11.8 Å². The molecular formula is C16H16FNO2S. The van der Waals surface area contributed by atoms with Crippen LogP contribution < -0.4 is 0 Å². The van der Waals surface area contributed by atoms with Gasteiger partial charge in [-0.2, -0.15) is 0 Å². The zero-order chi connectivity index (χ0) is 14.8. The molecule has 110 valence electrons. The number of carboxylic acids is 1. The van der Waals surface area contributed by atoms with Crippen LogP contribution in [0.1, 0.15) is 33.6 Å². The molecule has 1 saturated carbocycles. The number of carboxylic acid groups (broad SMARTS) is 1. The van der Waals surface area contributed by atoms with Crippen molar-refractivity contribution >= 4 is 17.3 Å². The fourth-order valence-corrected chi connectivity index (χ4v) is 3.11. The summed E-state index contributed by atoms with van der Waals surface area (Å²) in [6.45, 7) is 1.34. The average molecular weight is 305 g/mol. The summed E-state index contributed by atoms with van der Waals surface area (Å²) in [7, 11) is 0. The van der Waals surface area contributed by atoms with Gasteiger partial charge in [-0.25, -0.2) is 9.18 Å². The van der Waals surface area contributed by atoms with Crippen LogP contribution in [0, 0.1) is 5.82 Å². The van der Waals surface area contributed by atoms with E-state index in [1.807, 2.05) is 11.4 Å². The van der Waals surface area contributed by atoms with Crippen molar-refractivity contribution in [3.63, 3.8) is 0 Å². The van der Waals surface area contributed by atoms with Crippen LogP contribution in [0.3, 0.4) is 0 Å². The van der Waals surface area contributed by atoms with Gasteiger partial charge in [0.15, 0.2) is 0 Å². The summed E-state index contributed by atoms with van der Waals surface area (Å²) in [4.78, 5) is 14.4. The molecule has 0 atom stereocenters. The number of rotatable bonds is 6. The van der Waals surface area contributed by atoms with Crippen LogP contribution in [0.15, 0.2) is 35.7 Å². The Balaban J connectivity index is 1.75. The molecule has 0 aliphatic heterocycles. The fourth-order valence-electron chi connectivity index (χ4n) is 2.38. The summed E-state index contributed by atoms with van der Waals surface area (Å²) in [5.74, 6) is -1.54. The fraction of sp³-hybridized carbons (Fsp3) is 0.312. The van der Waals surface area contributed by atoms with Crippen molar-refractivity contribution in [1.82, 2.24) is 4.90 Å². The molecule has 0 amide bonds. The molecule has 0 spiro atoms. The average Bonchev–Trinajstić information content (AvgIpc) is 3.18. The molecule has 1 aromatic heterocycles. The highest BCUT2D eigenvalue weighted by atomic mass is 32.1. The summed E-state index contributed by atoms with van der Waals surface area (Å²) in [5, 5.41) is 10.9. The maximum atomic E-state index is 14.0. The highest BCUT2D eigenvalue weighted by molar-refractivity contribution is 7.09. The first kappa shape index (κ1) is 14.2. The molecule has 1 aliphatic rings. The van der Waals surface area contributed by atoms with Crippen LogP contribution >= 0.6 is 11.3 Å². The lowest BCUT2D eigenvalue weighted by atomic mass is 10.1. The lowest BCUT2D eigenvalue weighted by molar-refractivity contribution is 0.0696. The standard InChI is InChI=1S/C16H16FNO2S/c17-15-8-11(16(19)20)3-4-12(15)9-18(13-5-6-13)10-14-2-1-7-21-14/h1-4,7-8,13H,5-6,9-10H2,(H,19,20). The molecule has 1 heterocycles. The van der Waals surface area contributed by atoms with E-state index in [4.69, 9.17) is 5.11 Å². The van der Waals surface area contributed by atoms with Crippen LogP contribution in [0.25, 0.3) is 0 Å². The Morgan fingerprint density at radius 3 is 2.71 bits per heavy atom. The van der Waals surface area contributed by atoms with Gasteiger partial charge >= 0.3 is 5.97 Å². The van der Waals surface area contributed by atoms with E-state index in [0.29, 0.717) is 18.2 Å². The predicted octanol–water partition coefficient (Wildman–Crippen LogP) is 3.75. The van der Waals surface area contributed by atoms with E-state index in [9.17, 15) is 9.18 Å². The lowest BCUT2D eigenvalue weighted by Crippen LogP contribution is -2.25. The molecule has 0 unspecified atom stereocenters. The summed E-state index contributed by atoms with van der Waals surface area (Å²) in [5.41, 5.74) is 0.552. The molecule has 21 heavy (non-hydrogen) atoms. The Morgan fingerprint density at radius 1 is 1.33 bits per heavy atom. The van der Waals surface area contributed by atoms with Gasteiger partial charge in [-0.15, -0.1) is 11.3 Å². The molecular weight excluding hydrogens is 289 g/mol. The van der Waals surface area contributed by atoms with Crippen LogP contribution in [0.5, 0.6) is 0 Å². The zero-order valence-corrected chi connectivity index (χ0v) is 12.3. The maximum Gasteiger partial charge on any atom is 0.335 e. The van der Waals surface area contributed by atoms with Gasteiger partial charge in [-0.1, -0.05) is 12.1 Å². The number of hydrogen-bond acceptors (Lipinski definition) is 3. The minimum Gasteiger partial charge on any atom is -0.478 e. The number of nitrogens with zero attached hydrogens (tertiary/aromatic N) is 1. The number of halogens is 1. The minimum atomic E-state index is -1.10. The lowest BCUT2D eigenvalue weighted by Gasteiger charge is -2.21. The molecule has 0 bridgehead atoms. The Bertz CT molecular complexity index is 638. The summed E-state index contributed by atoms with van der Waals surface area (Å²) >= 11 is 1.70. The highest BCUT2D eigenvalue weighted by Crippen LogP contribution is 2.31. The van der Waals surface area contributed by atoms with Crippen LogP contribution in [0.2, 0.25) is 0 Å². The van der Waals surface area contributed by atoms with E-state index >= 15 is 0 Å². The number of carbonyl (C=O) groups is 1. The topological polar surface area (TPSA) is 40.5 Å². The number of hydrogen-bond donors (Lipinski definition) is 1. The molecule has 2 aromatic rings. The van der Waals surface area contributed by atoms with Crippen molar-refractivity contribution in [2.75, 3.05) is 0 Å². The molecule has 1 aliphatic carbocycles. The molecule has 0 saturated heterocycles.